The number of nitrogens with zero attached hydrogens (tertiary/aromatic N) is 1. The molecule has 1 aliphatic rings. The molecule has 0 atom stereocenters. The average Bonchev–Trinajstić information content (AvgIpc) is 2.67. The number of hydrogen-bond acceptors (Lipinski definition) is 3. The number of amides is 1. The fourth-order valence-corrected chi connectivity index (χ4v) is 3.47. The third kappa shape index (κ3) is 2.95. The third-order valence-electron chi connectivity index (χ3n) is 4.74. The van der Waals surface area contributed by atoms with Crippen molar-refractivity contribution < 1.29 is 9.53 Å². The predicted octanol–water partition coefficient (Wildman–Crippen LogP) is 4.37. The molecule has 4 nitrogen and oxygen atoms in total. The molecule has 0 unspecified atom stereocenters. The first-order valence-corrected chi connectivity index (χ1v) is 8.62. The number of rotatable bonds is 3. The van der Waals surface area contributed by atoms with Crippen LogP contribution in [0.1, 0.15) is 34.5 Å². The van der Waals surface area contributed by atoms with Crippen LogP contribution in [0, 0.1) is 0 Å². The maximum Gasteiger partial charge on any atom is 0.255 e. The number of fused-ring (bicyclic) bond motifs is 2. The SMILES string of the molecule is COc1cccc(C(=O)Nc2c3c(nc4ccccc24)CCCC3)c1. The van der Waals surface area contributed by atoms with Crippen molar-refractivity contribution in [2.24, 2.45) is 0 Å². The van der Waals surface area contributed by atoms with Crippen molar-refractivity contribution in [2.75, 3.05) is 12.4 Å². The van der Waals surface area contributed by atoms with Gasteiger partial charge in [0.25, 0.3) is 5.91 Å². The van der Waals surface area contributed by atoms with Gasteiger partial charge in [0.1, 0.15) is 5.75 Å². The summed E-state index contributed by atoms with van der Waals surface area (Å²) in [5.41, 5.74) is 4.73. The fraction of sp³-hybridized carbons (Fsp3) is 0.238. The van der Waals surface area contributed by atoms with Crippen molar-refractivity contribution >= 4 is 22.5 Å². The number of benzene rings is 2. The second-order valence-corrected chi connectivity index (χ2v) is 6.32. The summed E-state index contributed by atoms with van der Waals surface area (Å²) >= 11 is 0. The minimum absolute atomic E-state index is 0.122. The van der Waals surface area contributed by atoms with Gasteiger partial charge in [-0.3, -0.25) is 9.78 Å². The van der Waals surface area contributed by atoms with E-state index in [1.807, 2.05) is 36.4 Å². The number of carbonyl (C=O) groups excluding carboxylic acids is 1. The van der Waals surface area contributed by atoms with Crippen LogP contribution in [0.4, 0.5) is 5.69 Å². The summed E-state index contributed by atoms with van der Waals surface area (Å²) in [6.45, 7) is 0. The van der Waals surface area contributed by atoms with Crippen LogP contribution in [0.3, 0.4) is 0 Å². The molecule has 4 rings (SSSR count). The molecule has 1 aromatic heterocycles. The molecule has 0 saturated heterocycles. The van der Waals surface area contributed by atoms with Gasteiger partial charge in [0.15, 0.2) is 0 Å². The van der Waals surface area contributed by atoms with Crippen LogP contribution in [-0.2, 0) is 12.8 Å². The molecule has 0 bridgehead atoms. The molecule has 0 radical (unpaired) electrons. The average molecular weight is 332 g/mol. The molecule has 25 heavy (non-hydrogen) atoms. The number of para-hydroxylation sites is 1. The Morgan fingerprint density at radius 1 is 1.08 bits per heavy atom. The molecular weight excluding hydrogens is 312 g/mol. The summed E-state index contributed by atoms with van der Waals surface area (Å²) in [5, 5.41) is 4.15. The topological polar surface area (TPSA) is 51.2 Å². The Balaban J connectivity index is 1.78. The van der Waals surface area contributed by atoms with Gasteiger partial charge in [-0.05, 0) is 55.5 Å². The molecule has 1 heterocycles. The Labute approximate surface area is 146 Å². The van der Waals surface area contributed by atoms with E-state index in [9.17, 15) is 4.79 Å². The van der Waals surface area contributed by atoms with Gasteiger partial charge >= 0.3 is 0 Å². The van der Waals surface area contributed by atoms with E-state index in [4.69, 9.17) is 9.72 Å². The van der Waals surface area contributed by atoms with Gasteiger partial charge in [-0.15, -0.1) is 0 Å². The van der Waals surface area contributed by atoms with Crippen LogP contribution in [-0.4, -0.2) is 18.0 Å². The molecule has 0 fully saturated rings. The maximum absolute atomic E-state index is 12.8. The number of anilines is 1. The lowest BCUT2D eigenvalue weighted by atomic mass is 9.92. The highest BCUT2D eigenvalue weighted by molar-refractivity contribution is 6.09. The van der Waals surface area contributed by atoms with Gasteiger partial charge in [-0.2, -0.15) is 0 Å². The molecule has 126 valence electrons. The van der Waals surface area contributed by atoms with Crippen LogP contribution >= 0.6 is 0 Å². The van der Waals surface area contributed by atoms with Crippen molar-refractivity contribution in [3.63, 3.8) is 0 Å². The molecule has 1 amide bonds. The summed E-state index contributed by atoms with van der Waals surface area (Å²) in [7, 11) is 1.60. The van der Waals surface area contributed by atoms with E-state index >= 15 is 0 Å². The predicted molar refractivity (Wildman–Crippen MR) is 99.3 cm³/mol. The molecule has 0 saturated carbocycles. The van der Waals surface area contributed by atoms with E-state index in [0.717, 1.165) is 48.0 Å². The zero-order valence-electron chi connectivity index (χ0n) is 14.2. The monoisotopic (exact) mass is 332 g/mol. The molecule has 0 aliphatic heterocycles. The highest BCUT2D eigenvalue weighted by Gasteiger charge is 2.20. The van der Waals surface area contributed by atoms with E-state index < -0.39 is 0 Å². The van der Waals surface area contributed by atoms with Crippen molar-refractivity contribution in [3.05, 3.63) is 65.4 Å². The molecule has 2 aromatic carbocycles. The highest BCUT2D eigenvalue weighted by atomic mass is 16.5. The minimum atomic E-state index is -0.122. The Morgan fingerprint density at radius 2 is 1.92 bits per heavy atom. The van der Waals surface area contributed by atoms with E-state index in [2.05, 4.69) is 5.32 Å². The lowest BCUT2D eigenvalue weighted by molar-refractivity contribution is 0.102. The van der Waals surface area contributed by atoms with Gasteiger partial charge in [0, 0.05) is 16.6 Å². The lowest BCUT2D eigenvalue weighted by Crippen LogP contribution is -2.17. The number of methoxy groups -OCH3 is 1. The van der Waals surface area contributed by atoms with Gasteiger partial charge in [-0.25, -0.2) is 0 Å². The zero-order chi connectivity index (χ0) is 17.2. The third-order valence-corrected chi connectivity index (χ3v) is 4.74. The lowest BCUT2D eigenvalue weighted by Gasteiger charge is -2.21. The Kier molecular flexibility index (Phi) is 4.10. The van der Waals surface area contributed by atoms with Crippen molar-refractivity contribution in [3.8, 4) is 5.75 Å². The molecule has 4 heteroatoms. The maximum atomic E-state index is 12.8. The van der Waals surface area contributed by atoms with E-state index in [1.165, 1.54) is 5.56 Å². The van der Waals surface area contributed by atoms with Crippen molar-refractivity contribution in [1.82, 2.24) is 4.98 Å². The number of pyridine rings is 1. The number of ether oxygens (including phenoxy) is 1. The van der Waals surface area contributed by atoms with Crippen LogP contribution in [0.5, 0.6) is 5.75 Å². The second kappa shape index (κ2) is 6.55. The number of hydrogen-bond donors (Lipinski definition) is 1. The van der Waals surface area contributed by atoms with E-state index in [-0.39, 0.29) is 5.91 Å². The van der Waals surface area contributed by atoms with Gasteiger partial charge in [0.2, 0.25) is 0 Å². The van der Waals surface area contributed by atoms with E-state index in [0.29, 0.717) is 11.3 Å². The zero-order valence-corrected chi connectivity index (χ0v) is 14.2. The normalized spacial score (nSPS) is 13.3. The summed E-state index contributed by atoms with van der Waals surface area (Å²) in [4.78, 5) is 17.6. The van der Waals surface area contributed by atoms with Gasteiger partial charge in [0.05, 0.1) is 18.3 Å². The number of nitrogens with one attached hydrogen (secondary N) is 1. The van der Waals surface area contributed by atoms with E-state index in [1.54, 1.807) is 19.2 Å². The molecule has 1 aliphatic carbocycles. The first kappa shape index (κ1) is 15.6. The molecular formula is C21H20N2O2. The van der Waals surface area contributed by atoms with Gasteiger partial charge < -0.3 is 10.1 Å². The standard InChI is InChI=1S/C21H20N2O2/c1-25-15-8-6-7-14(13-15)21(24)23-20-16-9-2-4-11-18(16)22-19-12-5-3-10-17(19)20/h2,4,6-9,11,13H,3,5,10,12H2,1H3,(H,22,23,24). The quantitative estimate of drug-likeness (QED) is 0.774. The number of aromatic nitrogens is 1. The van der Waals surface area contributed by atoms with Crippen LogP contribution in [0.2, 0.25) is 0 Å². The Morgan fingerprint density at radius 3 is 2.80 bits per heavy atom. The molecule has 0 spiro atoms. The number of aryl methyl sites for hydroxylation is 1. The summed E-state index contributed by atoms with van der Waals surface area (Å²) in [6.07, 6.45) is 4.22. The Bertz CT molecular complexity index is 950. The highest BCUT2D eigenvalue weighted by Crippen LogP contribution is 2.33. The van der Waals surface area contributed by atoms with Gasteiger partial charge in [-0.1, -0.05) is 24.3 Å². The summed E-state index contributed by atoms with van der Waals surface area (Å²) in [5.74, 6) is 0.553. The second-order valence-electron chi connectivity index (χ2n) is 6.32. The minimum Gasteiger partial charge on any atom is -0.497 e. The largest absolute Gasteiger partial charge is 0.497 e. The fourth-order valence-electron chi connectivity index (χ4n) is 3.47. The van der Waals surface area contributed by atoms with Crippen molar-refractivity contribution in [2.45, 2.75) is 25.7 Å². The first-order valence-electron chi connectivity index (χ1n) is 8.62. The Hall–Kier alpha value is -2.88. The van der Waals surface area contributed by atoms with Crippen LogP contribution in [0.25, 0.3) is 10.9 Å². The molecule has 1 N–H and O–H groups in total. The number of carbonyl (C=O) groups is 1. The summed E-state index contributed by atoms with van der Waals surface area (Å²) in [6, 6.07) is 15.2. The summed E-state index contributed by atoms with van der Waals surface area (Å²) < 4.78 is 5.23. The van der Waals surface area contributed by atoms with Crippen LogP contribution < -0.4 is 10.1 Å². The first-order chi connectivity index (χ1) is 12.3. The van der Waals surface area contributed by atoms with Crippen molar-refractivity contribution in [1.29, 1.82) is 0 Å². The smallest absolute Gasteiger partial charge is 0.255 e. The molecule has 3 aromatic rings. The van der Waals surface area contributed by atoms with Crippen LogP contribution in [0.15, 0.2) is 48.5 Å².